The number of rotatable bonds is 8. The highest BCUT2D eigenvalue weighted by molar-refractivity contribution is 5.91. The Hall–Kier alpha value is -2.40. The van der Waals surface area contributed by atoms with Gasteiger partial charge in [-0.25, -0.2) is 0 Å². The van der Waals surface area contributed by atoms with Gasteiger partial charge >= 0.3 is 0 Å². The maximum Gasteiger partial charge on any atom is 0.244 e. The van der Waals surface area contributed by atoms with Crippen molar-refractivity contribution >= 4 is 12.0 Å². The number of hydrogen-bond donors (Lipinski definition) is 1. The van der Waals surface area contributed by atoms with Crippen LogP contribution in [0.15, 0.2) is 36.4 Å². The van der Waals surface area contributed by atoms with Gasteiger partial charge in [0.05, 0.1) is 5.69 Å². The number of hydrogen-bond acceptors (Lipinski definition) is 3. The predicted octanol–water partition coefficient (Wildman–Crippen LogP) is 2.69. The molecule has 0 bridgehead atoms. The highest BCUT2D eigenvalue weighted by Crippen LogP contribution is 2.13. The normalized spacial score (nSPS) is 11.4. The standard InChI is InChI=1S/C20H28N4O/c1-16-19(17(2)24(4)22-16)11-12-20(25)21-13-8-14-23(3)15-18-9-6-5-7-10-18/h5-7,9-12H,8,13-15H2,1-4H3,(H,21,25)/b12-11+. The summed E-state index contributed by atoms with van der Waals surface area (Å²) in [5.41, 5.74) is 4.31. The van der Waals surface area contributed by atoms with Crippen molar-refractivity contribution in [1.82, 2.24) is 20.0 Å². The molecule has 25 heavy (non-hydrogen) atoms. The summed E-state index contributed by atoms with van der Waals surface area (Å²) in [6.45, 7) is 6.49. The number of aromatic nitrogens is 2. The molecule has 1 amide bonds. The molecule has 1 heterocycles. The number of carbonyl (C=O) groups is 1. The monoisotopic (exact) mass is 340 g/mol. The Morgan fingerprint density at radius 3 is 2.64 bits per heavy atom. The van der Waals surface area contributed by atoms with Crippen LogP contribution in [0.1, 0.15) is 28.9 Å². The third-order valence-corrected chi connectivity index (χ3v) is 4.28. The molecule has 0 aliphatic heterocycles. The van der Waals surface area contributed by atoms with E-state index < -0.39 is 0 Å². The van der Waals surface area contributed by atoms with Crippen LogP contribution in [-0.2, 0) is 18.4 Å². The highest BCUT2D eigenvalue weighted by Gasteiger charge is 2.06. The topological polar surface area (TPSA) is 50.2 Å². The van der Waals surface area contributed by atoms with E-state index in [0.29, 0.717) is 6.54 Å². The van der Waals surface area contributed by atoms with E-state index in [0.717, 1.165) is 36.5 Å². The summed E-state index contributed by atoms with van der Waals surface area (Å²) < 4.78 is 1.83. The first-order valence-electron chi connectivity index (χ1n) is 8.66. The lowest BCUT2D eigenvalue weighted by molar-refractivity contribution is -0.116. The Balaban J connectivity index is 1.69. The highest BCUT2D eigenvalue weighted by atomic mass is 16.1. The lowest BCUT2D eigenvalue weighted by atomic mass is 10.2. The zero-order chi connectivity index (χ0) is 18.2. The first kappa shape index (κ1) is 18.9. The quantitative estimate of drug-likeness (QED) is 0.594. The molecule has 5 heteroatoms. The number of carbonyl (C=O) groups excluding carboxylic acids is 1. The average Bonchev–Trinajstić information content (AvgIpc) is 2.83. The number of aryl methyl sites for hydroxylation is 2. The number of amides is 1. The van der Waals surface area contributed by atoms with Crippen molar-refractivity contribution in [1.29, 1.82) is 0 Å². The molecule has 1 N–H and O–H groups in total. The van der Waals surface area contributed by atoms with E-state index in [1.54, 1.807) is 6.08 Å². The molecule has 134 valence electrons. The Morgan fingerprint density at radius 1 is 1.28 bits per heavy atom. The van der Waals surface area contributed by atoms with E-state index in [1.807, 2.05) is 37.7 Å². The Morgan fingerprint density at radius 2 is 2.00 bits per heavy atom. The maximum atomic E-state index is 11.9. The molecule has 1 aromatic heterocycles. The molecule has 0 aliphatic rings. The van der Waals surface area contributed by atoms with Gasteiger partial charge in [-0.05, 0) is 45.5 Å². The first-order chi connectivity index (χ1) is 12.0. The van der Waals surface area contributed by atoms with E-state index in [1.165, 1.54) is 5.56 Å². The van der Waals surface area contributed by atoms with E-state index in [2.05, 4.69) is 46.6 Å². The summed E-state index contributed by atoms with van der Waals surface area (Å²) in [7, 11) is 4.01. The smallest absolute Gasteiger partial charge is 0.244 e. The van der Waals surface area contributed by atoms with Gasteiger partial charge in [0, 0.05) is 37.5 Å². The van der Waals surface area contributed by atoms with Gasteiger partial charge in [-0.1, -0.05) is 30.3 Å². The van der Waals surface area contributed by atoms with Crippen molar-refractivity contribution in [2.24, 2.45) is 7.05 Å². The van der Waals surface area contributed by atoms with Gasteiger partial charge in [0.2, 0.25) is 5.91 Å². The number of nitrogens with zero attached hydrogens (tertiary/aromatic N) is 3. The lowest BCUT2D eigenvalue weighted by Crippen LogP contribution is -2.26. The summed E-state index contributed by atoms with van der Waals surface area (Å²) in [6.07, 6.45) is 4.35. The molecule has 0 radical (unpaired) electrons. The Labute approximate surface area is 150 Å². The summed E-state index contributed by atoms with van der Waals surface area (Å²) in [5, 5.41) is 7.28. The zero-order valence-corrected chi connectivity index (χ0v) is 15.6. The minimum Gasteiger partial charge on any atom is -0.353 e. The lowest BCUT2D eigenvalue weighted by Gasteiger charge is -2.16. The van der Waals surface area contributed by atoms with Gasteiger partial charge in [0.1, 0.15) is 0 Å². The number of nitrogens with one attached hydrogen (secondary N) is 1. The van der Waals surface area contributed by atoms with Gasteiger partial charge in [0.25, 0.3) is 0 Å². The molecule has 0 saturated carbocycles. The van der Waals surface area contributed by atoms with E-state index in [4.69, 9.17) is 0 Å². The van der Waals surface area contributed by atoms with Crippen LogP contribution in [0.3, 0.4) is 0 Å². The molecular formula is C20H28N4O. The molecule has 0 spiro atoms. The molecule has 2 aromatic rings. The van der Waals surface area contributed by atoms with Crippen LogP contribution in [0.4, 0.5) is 0 Å². The fourth-order valence-corrected chi connectivity index (χ4v) is 2.78. The Bertz CT molecular complexity index is 719. The third-order valence-electron chi connectivity index (χ3n) is 4.28. The predicted molar refractivity (Wildman–Crippen MR) is 102 cm³/mol. The van der Waals surface area contributed by atoms with Crippen LogP contribution < -0.4 is 5.32 Å². The molecule has 5 nitrogen and oxygen atoms in total. The van der Waals surface area contributed by atoms with Crippen LogP contribution in [0.2, 0.25) is 0 Å². The van der Waals surface area contributed by atoms with Crippen LogP contribution in [0, 0.1) is 13.8 Å². The first-order valence-corrected chi connectivity index (χ1v) is 8.66. The fourth-order valence-electron chi connectivity index (χ4n) is 2.78. The fraction of sp³-hybridized carbons (Fsp3) is 0.400. The SMILES string of the molecule is Cc1nn(C)c(C)c1/C=C/C(=O)NCCCN(C)Cc1ccccc1. The van der Waals surface area contributed by atoms with Crippen LogP contribution in [-0.4, -0.2) is 40.7 Å². The molecule has 0 saturated heterocycles. The van der Waals surface area contributed by atoms with Crippen molar-refractivity contribution in [2.75, 3.05) is 20.1 Å². The molecule has 0 aliphatic carbocycles. The van der Waals surface area contributed by atoms with Crippen LogP contribution in [0.5, 0.6) is 0 Å². The second kappa shape index (κ2) is 9.18. The van der Waals surface area contributed by atoms with Gasteiger partial charge in [-0.15, -0.1) is 0 Å². The van der Waals surface area contributed by atoms with Crippen molar-refractivity contribution in [3.63, 3.8) is 0 Å². The Kier molecular flexibility index (Phi) is 6.95. The van der Waals surface area contributed by atoms with Crippen LogP contribution >= 0.6 is 0 Å². The summed E-state index contributed by atoms with van der Waals surface area (Å²) >= 11 is 0. The minimum absolute atomic E-state index is 0.0617. The van der Waals surface area contributed by atoms with Crippen molar-refractivity contribution in [3.05, 3.63) is 58.9 Å². The molecule has 1 aromatic carbocycles. The molecule has 2 rings (SSSR count). The summed E-state index contributed by atoms with van der Waals surface area (Å²) in [4.78, 5) is 14.2. The van der Waals surface area contributed by atoms with Crippen molar-refractivity contribution in [3.8, 4) is 0 Å². The van der Waals surface area contributed by atoms with Crippen LogP contribution in [0.25, 0.3) is 6.08 Å². The molecule has 0 unspecified atom stereocenters. The van der Waals surface area contributed by atoms with Gasteiger partial charge in [0.15, 0.2) is 0 Å². The van der Waals surface area contributed by atoms with E-state index >= 15 is 0 Å². The van der Waals surface area contributed by atoms with Gasteiger partial charge < -0.3 is 10.2 Å². The number of benzene rings is 1. The van der Waals surface area contributed by atoms with Crippen molar-refractivity contribution < 1.29 is 4.79 Å². The van der Waals surface area contributed by atoms with Gasteiger partial charge in [-0.2, -0.15) is 5.10 Å². The maximum absolute atomic E-state index is 11.9. The van der Waals surface area contributed by atoms with E-state index in [-0.39, 0.29) is 5.91 Å². The summed E-state index contributed by atoms with van der Waals surface area (Å²) in [5.74, 6) is -0.0617. The third kappa shape index (κ3) is 5.87. The largest absolute Gasteiger partial charge is 0.353 e. The molecule has 0 fully saturated rings. The minimum atomic E-state index is -0.0617. The van der Waals surface area contributed by atoms with Gasteiger partial charge in [-0.3, -0.25) is 9.48 Å². The second-order valence-corrected chi connectivity index (χ2v) is 6.41. The van der Waals surface area contributed by atoms with E-state index in [9.17, 15) is 4.79 Å². The summed E-state index contributed by atoms with van der Waals surface area (Å²) in [6, 6.07) is 10.4. The molecule has 0 atom stereocenters. The second-order valence-electron chi connectivity index (χ2n) is 6.41. The average molecular weight is 340 g/mol. The molecular weight excluding hydrogens is 312 g/mol. The zero-order valence-electron chi connectivity index (χ0n) is 15.6. The van der Waals surface area contributed by atoms with Crippen molar-refractivity contribution in [2.45, 2.75) is 26.8 Å².